The van der Waals surface area contributed by atoms with Gasteiger partial charge in [-0.3, -0.25) is 4.99 Å². The van der Waals surface area contributed by atoms with Gasteiger partial charge in [-0.2, -0.15) is 0 Å². The molecule has 0 aliphatic carbocycles. The monoisotopic (exact) mass is 336 g/mol. The lowest BCUT2D eigenvalue weighted by atomic mass is 10.1. The average Bonchev–Trinajstić information content (AvgIpc) is 2.83. The molecule has 0 bridgehead atoms. The van der Waals surface area contributed by atoms with Crippen molar-refractivity contribution in [2.45, 2.75) is 26.7 Å². The maximum absolute atomic E-state index is 6.07. The number of ether oxygens (including phenoxy) is 1. The number of benzene rings is 1. The van der Waals surface area contributed by atoms with Crippen LogP contribution in [0.4, 0.5) is 5.69 Å². The Hall–Kier alpha value is -2.21. The summed E-state index contributed by atoms with van der Waals surface area (Å²) in [5, 5.41) is 7.46. The minimum absolute atomic E-state index is 0.352. The van der Waals surface area contributed by atoms with Crippen molar-refractivity contribution in [2.24, 2.45) is 10.7 Å². The van der Waals surface area contributed by atoms with Gasteiger partial charge in [-0.25, -0.2) is 0 Å². The second-order valence-corrected chi connectivity index (χ2v) is 5.55. The van der Waals surface area contributed by atoms with Crippen molar-refractivity contribution >= 4 is 23.2 Å². The first-order valence-corrected chi connectivity index (χ1v) is 7.71. The third-order valence-electron chi connectivity index (χ3n) is 3.47. The lowest BCUT2D eigenvalue weighted by Gasteiger charge is -2.08. The molecule has 0 saturated heterocycles. The molecule has 1 heterocycles. The van der Waals surface area contributed by atoms with Crippen LogP contribution in [0.1, 0.15) is 23.4 Å². The number of halogens is 1. The van der Waals surface area contributed by atoms with Gasteiger partial charge < -0.3 is 20.3 Å². The molecule has 0 aliphatic rings. The van der Waals surface area contributed by atoms with Crippen LogP contribution in [0, 0.1) is 13.8 Å². The molecule has 3 N–H and O–H groups in total. The zero-order valence-electron chi connectivity index (χ0n) is 13.5. The van der Waals surface area contributed by atoms with Gasteiger partial charge in [0.05, 0.1) is 17.8 Å². The van der Waals surface area contributed by atoms with Crippen molar-refractivity contribution in [1.82, 2.24) is 5.16 Å². The molecule has 7 heteroatoms. The number of methoxy groups -OCH3 is 1. The summed E-state index contributed by atoms with van der Waals surface area (Å²) in [7, 11) is 1.57. The van der Waals surface area contributed by atoms with Gasteiger partial charge in [0.15, 0.2) is 5.96 Å². The van der Waals surface area contributed by atoms with Crippen molar-refractivity contribution in [1.29, 1.82) is 0 Å². The Kier molecular flexibility index (Phi) is 5.87. The first kappa shape index (κ1) is 17.1. The number of aliphatic imine (C=N–C) groups is 1. The first-order valence-electron chi connectivity index (χ1n) is 7.33. The van der Waals surface area contributed by atoms with Gasteiger partial charge >= 0.3 is 0 Å². The number of aromatic nitrogens is 1. The number of aryl methyl sites for hydroxylation is 2. The van der Waals surface area contributed by atoms with Crippen LogP contribution in [0.3, 0.4) is 0 Å². The number of hydrogen-bond acceptors (Lipinski definition) is 4. The van der Waals surface area contributed by atoms with E-state index in [4.69, 9.17) is 26.6 Å². The standard InChI is InChI=1S/C16H21ClN4O2/c1-10-13(11(2)23-21-10)5-4-8-19-16(18)20-12-6-7-15(22-3)14(17)9-12/h6-7,9H,4-5,8H2,1-3H3,(H3,18,19,20). The molecular formula is C16H21ClN4O2. The highest BCUT2D eigenvalue weighted by Gasteiger charge is 2.08. The van der Waals surface area contributed by atoms with Crippen molar-refractivity contribution in [3.8, 4) is 5.75 Å². The Morgan fingerprint density at radius 1 is 1.43 bits per heavy atom. The van der Waals surface area contributed by atoms with Gasteiger partial charge in [0.25, 0.3) is 0 Å². The lowest BCUT2D eigenvalue weighted by Crippen LogP contribution is -2.22. The predicted octanol–water partition coefficient (Wildman–Crippen LogP) is 3.31. The van der Waals surface area contributed by atoms with Gasteiger partial charge in [-0.05, 0) is 44.9 Å². The van der Waals surface area contributed by atoms with Crippen molar-refractivity contribution < 1.29 is 9.26 Å². The average molecular weight is 337 g/mol. The number of nitrogens with one attached hydrogen (secondary N) is 1. The Morgan fingerprint density at radius 3 is 2.83 bits per heavy atom. The Balaban J connectivity index is 1.85. The van der Waals surface area contributed by atoms with Crippen LogP contribution in [0.25, 0.3) is 0 Å². The van der Waals surface area contributed by atoms with Crippen LogP contribution < -0.4 is 15.8 Å². The number of guanidine groups is 1. The number of hydrogen-bond donors (Lipinski definition) is 2. The summed E-state index contributed by atoms with van der Waals surface area (Å²) in [5.41, 5.74) is 8.73. The summed E-state index contributed by atoms with van der Waals surface area (Å²) in [6.45, 7) is 4.48. The minimum atomic E-state index is 0.352. The molecule has 0 unspecified atom stereocenters. The SMILES string of the molecule is COc1ccc(NC(N)=NCCCc2c(C)noc2C)cc1Cl. The van der Waals surface area contributed by atoms with Crippen LogP contribution in [-0.2, 0) is 6.42 Å². The molecule has 0 amide bonds. The summed E-state index contributed by atoms with van der Waals surface area (Å²) >= 11 is 6.07. The Morgan fingerprint density at radius 2 is 2.22 bits per heavy atom. The largest absolute Gasteiger partial charge is 0.495 e. The highest BCUT2D eigenvalue weighted by molar-refractivity contribution is 6.32. The topological polar surface area (TPSA) is 85.7 Å². The van der Waals surface area contributed by atoms with E-state index >= 15 is 0 Å². The zero-order valence-corrected chi connectivity index (χ0v) is 14.3. The molecule has 0 aliphatic heterocycles. The van der Waals surface area contributed by atoms with Gasteiger partial charge in [0, 0.05) is 17.8 Å². The Labute approximate surface area is 140 Å². The van der Waals surface area contributed by atoms with E-state index in [9.17, 15) is 0 Å². The molecule has 0 spiro atoms. The van der Waals surface area contributed by atoms with Gasteiger partial charge in [-0.1, -0.05) is 16.8 Å². The molecule has 23 heavy (non-hydrogen) atoms. The zero-order chi connectivity index (χ0) is 16.8. The third kappa shape index (κ3) is 4.63. The highest BCUT2D eigenvalue weighted by Crippen LogP contribution is 2.27. The molecule has 2 rings (SSSR count). The quantitative estimate of drug-likeness (QED) is 0.480. The summed E-state index contributed by atoms with van der Waals surface area (Å²) in [6, 6.07) is 5.35. The summed E-state index contributed by atoms with van der Waals surface area (Å²) < 4.78 is 10.2. The smallest absolute Gasteiger partial charge is 0.193 e. The van der Waals surface area contributed by atoms with Gasteiger partial charge in [-0.15, -0.1) is 0 Å². The molecule has 0 fully saturated rings. The molecule has 124 valence electrons. The van der Waals surface area contributed by atoms with E-state index in [-0.39, 0.29) is 0 Å². The maximum Gasteiger partial charge on any atom is 0.193 e. The molecule has 0 radical (unpaired) electrons. The molecule has 6 nitrogen and oxygen atoms in total. The van der Waals surface area contributed by atoms with E-state index in [0.717, 1.165) is 35.5 Å². The van der Waals surface area contributed by atoms with Crippen LogP contribution in [0.2, 0.25) is 5.02 Å². The number of nitrogens with two attached hydrogens (primary N) is 1. The molecule has 0 atom stereocenters. The molecule has 0 saturated carbocycles. The molecule has 1 aromatic heterocycles. The summed E-state index contributed by atoms with van der Waals surface area (Å²) in [4.78, 5) is 4.31. The molecular weight excluding hydrogens is 316 g/mol. The van der Waals surface area contributed by atoms with Gasteiger partial charge in [0.1, 0.15) is 11.5 Å². The summed E-state index contributed by atoms with van der Waals surface area (Å²) in [6.07, 6.45) is 1.74. The Bertz CT molecular complexity index is 678. The fourth-order valence-electron chi connectivity index (χ4n) is 2.25. The van der Waals surface area contributed by atoms with E-state index < -0.39 is 0 Å². The predicted molar refractivity (Wildman–Crippen MR) is 92.4 cm³/mol. The third-order valence-corrected chi connectivity index (χ3v) is 3.77. The van der Waals surface area contributed by atoms with E-state index in [2.05, 4.69) is 15.5 Å². The van der Waals surface area contributed by atoms with Crippen molar-refractivity contribution in [3.05, 3.63) is 40.2 Å². The fourth-order valence-corrected chi connectivity index (χ4v) is 2.50. The fraction of sp³-hybridized carbons (Fsp3) is 0.375. The van der Waals surface area contributed by atoms with Crippen LogP contribution in [0.5, 0.6) is 5.75 Å². The summed E-state index contributed by atoms with van der Waals surface area (Å²) in [5.74, 6) is 1.84. The normalized spacial score (nSPS) is 11.6. The van der Waals surface area contributed by atoms with E-state index in [1.807, 2.05) is 19.9 Å². The number of rotatable bonds is 6. The minimum Gasteiger partial charge on any atom is -0.495 e. The van der Waals surface area contributed by atoms with Crippen LogP contribution in [0.15, 0.2) is 27.7 Å². The van der Waals surface area contributed by atoms with E-state index in [1.54, 1.807) is 19.2 Å². The number of anilines is 1. The maximum atomic E-state index is 6.07. The molecule has 2 aromatic rings. The molecule has 1 aromatic carbocycles. The second-order valence-electron chi connectivity index (χ2n) is 5.15. The van der Waals surface area contributed by atoms with Crippen molar-refractivity contribution in [2.75, 3.05) is 19.0 Å². The lowest BCUT2D eigenvalue weighted by molar-refractivity contribution is 0.392. The van der Waals surface area contributed by atoms with E-state index in [1.165, 1.54) is 0 Å². The van der Waals surface area contributed by atoms with Crippen molar-refractivity contribution in [3.63, 3.8) is 0 Å². The van der Waals surface area contributed by atoms with Gasteiger partial charge in [0.2, 0.25) is 0 Å². The van der Waals surface area contributed by atoms with Crippen LogP contribution >= 0.6 is 11.6 Å². The van der Waals surface area contributed by atoms with E-state index in [0.29, 0.717) is 23.3 Å². The number of nitrogens with zero attached hydrogens (tertiary/aromatic N) is 2. The second kappa shape index (κ2) is 7.87. The first-order chi connectivity index (χ1) is 11.0. The highest BCUT2D eigenvalue weighted by atomic mass is 35.5. The van der Waals surface area contributed by atoms with Crippen LogP contribution in [-0.4, -0.2) is 24.8 Å².